The highest BCUT2D eigenvalue weighted by molar-refractivity contribution is 5.92. The lowest BCUT2D eigenvalue weighted by Crippen LogP contribution is -2.29. The minimum Gasteiger partial charge on any atom is -0.381 e. The van der Waals surface area contributed by atoms with Crippen LogP contribution in [-0.2, 0) is 22.5 Å². The Hall–Kier alpha value is -2.18. The first-order valence-corrected chi connectivity index (χ1v) is 9.74. The lowest BCUT2D eigenvalue weighted by molar-refractivity contribution is 0.0936. The molecule has 1 aromatic carbocycles. The van der Waals surface area contributed by atoms with Gasteiger partial charge in [-0.2, -0.15) is 0 Å². The molecule has 0 saturated carbocycles. The monoisotopic (exact) mass is 372 g/mol. The number of rotatable bonds is 11. The number of unbranched alkanes of at least 4 members (excludes halogenated alkanes) is 2. The molecule has 146 valence electrons. The van der Waals surface area contributed by atoms with Gasteiger partial charge in [0.15, 0.2) is 5.69 Å². The van der Waals surface area contributed by atoms with Crippen LogP contribution in [0.3, 0.4) is 0 Å². The summed E-state index contributed by atoms with van der Waals surface area (Å²) in [6.45, 7) is 3.55. The van der Waals surface area contributed by atoms with Crippen molar-refractivity contribution in [2.24, 2.45) is 5.92 Å². The number of carbonyl (C=O) groups excluding carboxylic acids is 1. The minimum atomic E-state index is -0.175. The van der Waals surface area contributed by atoms with E-state index in [0.29, 0.717) is 24.8 Å². The van der Waals surface area contributed by atoms with E-state index in [-0.39, 0.29) is 5.91 Å². The van der Waals surface area contributed by atoms with Gasteiger partial charge in [-0.1, -0.05) is 41.9 Å². The zero-order chi connectivity index (χ0) is 18.7. The molecule has 1 aliphatic rings. The molecule has 1 aliphatic heterocycles. The Morgan fingerprint density at radius 3 is 2.93 bits per heavy atom. The van der Waals surface area contributed by atoms with E-state index in [1.807, 2.05) is 18.2 Å². The van der Waals surface area contributed by atoms with Crippen molar-refractivity contribution in [2.75, 3.05) is 26.4 Å². The van der Waals surface area contributed by atoms with E-state index in [1.54, 1.807) is 6.07 Å². The lowest BCUT2D eigenvalue weighted by Gasteiger charge is -2.07. The van der Waals surface area contributed by atoms with Gasteiger partial charge < -0.3 is 19.3 Å². The second-order valence-corrected chi connectivity index (χ2v) is 6.97. The van der Waals surface area contributed by atoms with E-state index in [1.165, 1.54) is 5.56 Å². The number of hydrogen-bond donors (Lipinski definition) is 1. The van der Waals surface area contributed by atoms with Crippen LogP contribution in [0.5, 0.6) is 0 Å². The van der Waals surface area contributed by atoms with Crippen LogP contribution in [0.2, 0.25) is 0 Å². The number of aromatic nitrogens is 1. The third-order valence-corrected chi connectivity index (χ3v) is 4.69. The van der Waals surface area contributed by atoms with Crippen molar-refractivity contribution in [3.63, 3.8) is 0 Å². The molecule has 0 bridgehead atoms. The Morgan fingerprint density at radius 2 is 2.11 bits per heavy atom. The number of amides is 1. The van der Waals surface area contributed by atoms with E-state index in [2.05, 4.69) is 22.6 Å². The highest BCUT2D eigenvalue weighted by Gasteiger charge is 2.18. The molecule has 6 heteroatoms. The van der Waals surface area contributed by atoms with E-state index in [0.717, 1.165) is 57.7 Å². The summed E-state index contributed by atoms with van der Waals surface area (Å²) in [5.41, 5.74) is 1.56. The standard InChI is InChI=1S/C21H28N2O4/c24-21(22-14-18-10-12-26-16-18)20-13-19(27-23-20)9-5-2-6-11-25-15-17-7-3-1-4-8-17/h1,3-4,7-8,13,18H,2,5-6,9-12,14-16H2,(H,22,24). The molecule has 2 aromatic rings. The number of benzene rings is 1. The number of nitrogens with one attached hydrogen (secondary N) is 1. The second kappa shape index (κ2) is 10.8. The van der Waals surface area contributed by atoms with Crippen LogP contribution in [0.25, 0.3) is 0 Å². The largest absolute Gasteiger partial charge is 0.381 e. The molecule has 1 amide bonds. The maximum absolute atomic E-state index is 12.1. The molecular weight excluding hydrogens is 344 g/mol. The second-order valence-electron chi connectivity index (χ2n) is 6.97. The molecule has 1 aromatic heterocycles. The predicted molar refractivity (Wildman–Crippen MR) is 101 cm³/mol. The van der Waals surface area contributed by atoms with Crippen molar-refractivity contribution in [1.29, 1.82) is 0 Å². The third kappa shape index (κ3) is 6.81. The van der Waals surface area contributed by atoms with Crippen molar-refractivity contribution in [3.05, 3.63) is 53.4 Å². The van der Waals surface area contributed by atoms with Crippen molar-refractivity contribution >= 4 is 5.91 Å². The summed E-state index contributed by atoms with van der Waals surface area (Å²) >= 11 is 0. The maximum Gasteiger partial charge on any atom is 0.273 e. The molecule has 6 nitrogen and oxygen atoms in total. The molecular formula is C21H28N2O4. The highest BCUT2D eigenvalue weighted by Crippen LogP contribution is 2.12. The number of hydrogen-bond acceptors (Lipinski definition) is 5. The molecule has 1 N–H and O–H groups in total. The van der Waals surface area contributed by atoms with Gasteiger partial charge >= 0.3 is 0 Å². The van der Waals surface area contributed by atoms with Crippen molar-refractivity contribution in [2.45, 2.75) is 38.7 Å². The van der Waals surface area contributed by atoms with Gasteiger partial charge in [0.1, 0.15) is 5.76 Å². The molecule has 2 heterocycles. The number of nitrogens with zero attached hydrogens (tertiary/aromatic N) is 1. The third-order valence-electron chi connectivity index (χ3n) is 4.69. The molecule has 1 unspecified atom stereocenters. The first-order valence-electron chi connectivity index (χ1n) is 9.74. The van der Waals surface area contributed by atoms with Gasteiger partial charge in [0.2, 0.25) is 0 Å². The van der Waals surface area contributed by atoms with Gasteiger partial charge in [0.25, 0.3) is 5.91 Å². The summed E-state index contributed by atoms with van der Waals surface area (Å²) in [5.74, 6) is 0.991. The van der Waals surface area contributed by atoms with Gasteiger partial charge in [-0.15, -0.1) is 0 Å². The number of ether oxygens (including phenoxy) is 2. The van der Waals surface area contributed by atoms with Crippen LogP contribution < -0.4 is 5.32 Å². The summed E-state index contributed by atoms with van der Waals surface area (Å²) in [4.78, 5) is 12.1. The van der Waals surface area contributed by atoms with Crippen LogP contribution in [0, 0.1) is 5.92 Å². The average Bonchev–Trinajstić information content (AvgIpc) is 3.38. The molecule has 1 atom stereocenters. The fourth-order valence-corrected chi connectivity index (χ4v) is 3.05. The number of aryl methyl sites for hydroxylation is 1. The topological polar surface area (TPSA) is 73.6 Å². The van der Waals surface area contributed by atoms with Crippen LogP contribution in [0.15, 0.2) is 40.9 Å². The smallest absolute Gasteiger partial charge is 0.273 e. The number of carbonyl (C=O) groups is 1. The Balaban J connectivity index is 1.25. The predicted octanol–water partition coefficient (Wildman–Crippen LogP) is 3.37. The first-order chi connectivity index (χ1) is 13.3. The van der Waals surface area contributed by atoms with Gasteiger partial charge in [-0.3, -0.25) is 4.79 Å². The van der Waals surface area contributed by atoms with Crippen LogP contribution >= 0.6 is 0 Å². The van der Waals surface area contributed by atoms with Gasteiger partial charge in [-0.25, -0.2) is 0 Å². The maximum atomic E-state index is 12.1. The molecule has 3 rings (SSSR count). The fraction of sp³-hybridized carbons (Fsp3) is 0.524. The normalized spacial score (nSPS) is 16.5. The van der Waals surface area contributed by atoms with Gasteiger partial charge in [-0.05, 0) is 24.8 Å². The zero-order valence-corrected chi connectivity index (χ0v) is 15.7. The molecule has 0 radical (unpaired) electrons. The van der Waals surface area contributed by atoms with Crippen molar-refractivity contribution in [3.8, 4) is 0 Å². The Kier molecular flexibility index (Phi) is 7.86. The Bertz CT molecular complexity index is 680. The highest BCUT2D eigenvalue weighted by atomic mass is 16.5. The van der Waals surface area contributed by atoms with Crippen molar-refractivity contribution < 1.29 is 18.8 Å². The zero-order valence-electron chi connectivity index (χ0n) is 15.7. The minimum absolute atomic E-state index is 0.175. The van der Waals surface area contributed by atoms with E-state index in [4.69, 9.17) is 14.0 Å². The van der Waals surface area contributed by atoms with Gasteiger partial charge in [0.05, 0.1) is 13.2 Å². The molecule has 1 fully saturated rings. The fourth-order valence-electron chi connectivity index (χ4n) is 3.05. The summed E-state index contributed by atoms with van der Waals surface area (Å²) < 4.78 is 16.3. The summed E-state index contributed by atoms with van der Waals surface area (Å²) in [5, 5.41) is 6.78. The Labute approximate surface area is 160 Å². The molecule has 0 spiro atoms. The first kappa shape index (κ1) is 19.6. The quantitative estimate of drug-likeness (QED) is 0.612. The summed E-state index contributed by atoms with van der Waals surface area (Å²) in [6, 6.07) is 11.9. The van der Waals surface area contributed by atoms with Crippen LogP contribution in [0.4, 0.5) is 0 Å². The van der Waals surface area contributed by atoms with Crippen molar-refractivity contribution in [1.82, 2.24) is 10.5 Å². The SMILES string of the molecule is O=C(NCC1CCOC1)c1cc(CCCCCOCc2ccccc2)on1. The lowest BCUT2D eigenvalue weighted by atomic mass is 10.1. The Morgan fingerprint density at radius 1 is 1.22 bits per heavy atom. The van der Waals surface area contributed by atoms with Crippen LogP contribution in [0.1, 0.15) is 47.5 Å². The molecule has 0 aliphatic carbocycles. The summed E-state index contributed by atoms with van der Waals surface area (Å²) in [6.07, 6.45) is 4.84. The van der Waals surface area contributed by atoms with E-state index in [9.17, 15) is 4.79 Å². The summed E-state index contributed by atoms with van der Waals surface area (Å²) in [7, 11) is 0. The van der Waals surface area contributed by atoms with Gasteiger partial charge in [0, 0.05) is 38.2 Å². The molecule has 27 heavy (non-hydrogen) atoms. The van der Waals surface area contributed by atoms with E-state index >= 15 is 0 Å². The average molecular weight is 372 g/mol. The van der Waals surface area contributed by atoms with E-state index < -0.39 is 0 Å². The van der Waals surface area contributed by atoms with Crippen LogP contribution in [-0.4, -0.2) is 37.4 Å². The molecule has 1 saturated heterocycles.